The van der Waals surface area contributed by atoms with Gasteiger partial charge in [-0.1, -0.05) is 12.1 Å². The van der Waals surface area contributed by atoms with Gasteiger partial charge in [0.2, 0.25) is 0 Å². The van der Waals surface area contributed by atoms with E-state index in [0.29, 0.717) is 27.9 Å². The molecule has 3 aromatic heterocycles. The summed E-state index contributed by atoms with van der Waals surface area (Å²) in [6.07, 6.45) is 1.12. The standard InChI is InChI=1S/C33H32F2N4O5S/c1-33(2,3)44-32(41)36-12-14-42-15-16-43-27-19-22(34)8-10-24(27)30-31-25(11-17-45-31)29(37-38-30)23-9-7-21(18-26(23)35)20-39-13-5-4-6-28(39)40/h4-11,13,17-19H,12,14-16,20H2,1-3H3,(H,36,41). The molecule has 5 rings (SSSR count). The van der Waals surface area contributed by atoms with Crippen LogP contribution in [0.5, 0.6) is 5.75 Å². The van der Waals surface area contributed by atoms with E-state index in [1.54, 1.807) is 57.3 Å². The Morgan fingerprint density at radius 1 is 0.956 bits per heavy atom. The zero-order valence-corrected chi connectivity index (χ0v) is 25.8. The number of carbonyl (C=O) groups is 1. The first kappa shape index (κ1) is 31.7. The monoisotopic (exact) mass is 634 g/mol. The van der Waals surface area contributed by atoms with Gasteiger partial charge in [-0.15, -0.1) is 21.5 Å². The lowest BCUT2D eigenvalue weighted by atomic mass is 10.0. The molecule has 1 N–H and O–H groups in total. The molecule has 0 saturated carbocycles. The molecule has 3 heterocycles. The number of nitrogens with one attached hydrogen (secondary N) is 1. The van der Waals surface area contributed by atoms with E-state index in [1.165, 1.54) is 40.2 Å². The van der Waals surface area contributed by atoms with E-state index in [2.05, 4.69) is 15.5 Å². The van der Waals surface area contributed by atoms with Crippen LogP contribution < -0.4 is 15.6 Å². The summed E-state index contributed by atoms with van der Waals surface area (Å²) in [7, 11) is 0. The molecule has 12 heteroatoms. The maximum absolute atomic E-state index is 15.4. The lowest BCUT2D eigenvalue weighted by Gasteiger charge is -2.19. The molecule has 234 valence electrons. The highest BCUT2D eigenvalue weighted by Crippen LogP contribution is 2.39. The van der Waals surface area contributed by atoms with E-state index in [4.69, 9.17) is 14.2 Å². The number of hydrogen-bond acceptors (Lipinski definition) is 8. The van der Waals surface area contributed by atoms with Crippen LogP contribution in [-0.4, -0.2) is 52.8 Å². The van der Waals surface area contributed by atoms with Gasteiger partial charge in [-0.2, -0.15) is 0 Å². The number of halogens is 2. The average Bonchev–Trinajstić information content (AvgIpc) is 3.48. The van der Waals surface area contributed by atoms with Crippen LogP contribution in [0.2, 0.25) is 0 Å². The van der Waals surface area contributed by atoms with Crippen molar-refractivity contribution < 1.29 is 27.8 Å². The van der Waals surface area contributed by atoms with Crippen molar-refractivity contribution in [1.29, 1.82) is 0 Å². The largest absolute Gasteiger partial charge is 0.490 e. The van der Waals surface area contributed by atoms with E-state index in [0.717, 1.165) is 4.70 Å². The number of pyridine rings is 1. The maximum atomic E-state index is 15.4. The lowest BCUT2D eigenvalue weighted by molar-refractivity contribution is 0.0489. The second kappa shape index (κ2) is 14.0. The first-order valence-electron chi connectivity index (χ1n) is 14.2. The fraction of sp³-hybridized carbons (Fsp3) is 0.273. The fourth-order valence-electron chi connectivity index (χ4n) is 4.55. The zero-order chi connectivity index (χ0) is 32.0. The number of fused-ring (bicyclic) bond motifs is 1. The van der Waals surface area contributed by atoms with E-state index in [-0.39, 0.29) is 49.8 Å². The van der Waals surface area contributed by atoms with Crippen LogP contribution in [0, 0.1) is 11.6 Å². The molecule has 0 aliphatic rings. The van der Waals surface area contributed by atoms with Crippen LogP contribution >= 0.6 is 11.3 Å². The molecule has 0 unspecified atom stereocenters. The number of amides is 1. The SMILES string of the molecule is CC(C)(C)OC(=O)NCCOCCOc1cc(F)ccc1-c1nnc(-c2ccc(Cn3ccccc3=O)cc2F)c2ccsc12. The van der Waals surface area contributed by atoms with Crippen molar-refractivity contribution >= 4 is 27.5 Å². The number of nitrogens with zero attached hydrogens (tertiary/aromatic N) is 3. The first-order valence-corrected chi connectivity index (χ1v) is 15.1. The van der Waals surface area contributed by atoms with Gasteiger partial charge in [0.15, 0.2) is 0 Å². The van der Waals surface area contributed by atoms with Crippen molar-refractivity contribution in [3.8, 4) is 28.3 Å². The van der Waals surface area contributed by atoms with Gasteiger partial charge in [-0.05, 0) is 68.1 Å². The molecule has 2 aromatic carbocycles. The van der Waals surface area contributed by atoms with Crippen LogP contribution in [0.4, 0.5) is 13.6 Å². The summed E-state index contributed by atoms with van der Waals surface area (Å²) in [6, 6.07) is 15.6. The van der Waals surface area contributed by atoms with E-state index >= 15 is 4.39 Å². The quantitative estimate of drug-likeness (QED) is 0.167. The first-order chi connectivity index (χ1) is 21.6. The summed E-state index contributed by atoms with van der Waals surface area (Å²) in [5, 5.41) is 14.0. The minimum Gasteiger partial charge on any atom is -0.490 e. The summed E-state index contributed by atoms with van der Waals surface area (Å²) < 4.78 is 48.5. The van der Waals surface area contributed by atoms with Gasteiger partial charge in [-0.3, -0.25) is 4.79 Å². The molecular formula is C33H32F2N4O5S. The number of carbonyl (C=O) groups excluding carboxylic acids is 1. The van der Waals surface area contributed by atoms with Gasteiger partial charge >= 0.3 is 6.09 Å². The van der Waals surface area contributed by atoms with Crippen LogP contribution in [0.1, 0.15) is 26.3 Å². The summed E-state index contributed by atoms with van der Waals surface area (Å²) in [5.41, 5.74) is 1.51. The van der Waals surface area contributed by atoms with Crippen molar-refractivity contribution in [3.05, 3.63) is 99.8 Å². The predicted octanol–water partition coefficient (Wildman–Crippen LogP) is 6.43. The summed E-state index contributed by atoms with van der Waals surface area (Å²) in [6.45, 7) is 6.38. The van der Waals surface area contributed by atoms with Gasteiger partial charge in [0.25, 0.3) is 5.56 Å². The number of aromatic nitrogens is 3. The molecule has 0 spiro atoms. The molecule has 0 bridgehead atoms. The number of alkyl carbamates (subject to hydrolysis) is 1. The molecule has 0 saturated heterocycles. The summed E-state index contributed by atoms with van der Waals surface area (Å²) in [5.74, 6) is -0.713. The minimum absolute atomic E-state index is 0.120. The molecule has 45 heavy (non-hydrogen) atoms. The number of hydrogen-bond donors (Lipinski definition) is 1. The molecule has 5 aromatic rings. The van der Waals surface area contributed by atoms with Crippen molar-refractivity contribution in [2.75, 3.05) is 26.4 Å². The lowest BCUT2D eigenvalue weighted by Crippen LogP contribution is -2.34. The smallest absolute Gasteiger partial charge is 0.407 e. The predicted molar refractivity (Wildman–Crippen MR) is 169 cm³/mol. The Morgan fingerprint density at radius 3 is 2.53 bits per heavy atom. The van der Waals surface area contributed by atoms with Gasteiger partial charge in [0.1, 0.15) is 41.0 Å². The third-order valence-corrected chi connectivity index (χ3v) is 7.45. The molecule has 0 aliphatic carbocycles. The van der Waals surface area contributed by atoms with Crippen molar-refractivity contribution in [3.63, 3.8) is 0 Å². The second-order valence-electron chi connectivity index (χ2n) is 11.1. The number of ether oxygens (including phenoxy) is 3. The molecular weight excluding hydrogens is 602 g/mol. The topological polar surface area (TPSA) is 105 Å². The van der Waals surface area contributed by atoms with Gasteiger partial charge in [0, 0.05) is 41.4 Å². The van der Waals surface area contributed by atoms with Gasteiger partial charge < -0.3 is 24.1 Å². The maximum Gasteiger partial charge on any atom is 0.407 e. The molecule has 1 amide bonds. The molecule has 0 atom stereocenters. The van der Waals surface area contributed by atoms with E-state index in [9.17, 15) is 14.0 Å². The highest BCUT2D eigenvalue weighted by molar-refractivity contribution is 7.17. The van der Waals surface area contributed by atoms with Gasteiger partial charge in [-0.25, -0.2) is 13.6 Å². The van der Waals surface area contributed by atoms with E-state index < -0.39 is 23.3 Å². The third-order valence-electron chi connectivity index (χ3n) is 6.52. The normalized spacial score (nSPS) is 11.5. The minimum atomic E-state index is -0.588. The summed E-state index contributed by atoms with van der Waals surface area (Å²) in [4.78, 5) is 23.8. The molecule has 0 fully saturated rings. The Bertz CT molecular complexity index is 1870. The van der Waals surface area contributed by atoms with Crippen LogP contribution in [0.25, 0.3) is 32.6 Å². The van der Waals surface area contributed by atoms with Crippen LogP contribution in [-0.2, 0) is 16.0 Å². The Hall–Kier alpha value is -4.68. The summed E-state index contributed by atoms with van der Waals surface area (Å²) >= 11 is 1.40. The average molecular weight is 635 g/mol. The molecule has 9 nitrogen and oxygen atoms in total. The highest BCUT2D eigenvalue weighted by atomic mass is 32.1. The Labute approximate surface area is 262 Å². The molecule has 0 radical (unpaired) electrons. The Morgan fingerprint density at radius 2 is 1.76 bits per heavy atom. The van der Waals surface area contributed by atoms with Gasteiger partial charge in [0.05, 0.1) is 24.5 Å². The van der Waals surface area contributed by atoms with Crippen LogP contribution in [0.15, 0.2) is 77.0 Å². The third kappa shape index (κ3) is 8.08. The van der Waals surface area contributed by atoms with Crippen molar-refractivity contribution in [2.45, 2.75) is 32.9 Å². The fourth-order valence-corrected chi connectivity index (χ4v) is 5.45. The van der Waals surface area contributed by atoms with E-state index in [1.807, 2.05) is 11.4 Å². The zero-order valence-electron chi connectivity index (χ0n) is 25.0. The Balaban J connectivity index is 1.29. The number of benzene rings is 2. The Kier molecular flexibility index (Phi) is 9.84. The number of thiophene rings is 1. The molecule has 0 aliphatic heterocycles. The van der Waals surface area contributed by atoms with Crippen molar-refractivity contribution in [1.82, 2.24) is 20.1 Å². The van der Waals surface area contributed by atoms with Crippen molar-refractivity contribution in [2.24, 2.45) is 0 Å². The second-order valence-corrected chi connectivity index (χ2v) is 12.0. The number of rotatable bonds is 11. The highest BCUT2D eigenvalue weighted by Gasteiger charge is 2.20. The van der Waals surface area contributed by atoms with Crippen LogP contribution in [0.3, 0.4) is 0 Å².